The van der Waals surface area contributed by atoms with Crippen molar-refractivity contribution in [1.29, 1.82) is 0 Å². The number of carbonyl (C=O) groups is 1. The van der Waals surface area contributed by atoms with Gasteiger partial charge in [0.1, 0.15) is 11.4 Å². The third-order valence-corrected chi connectivity index (χ3v) is 5.88. The van der Waals surface area contributed by atoms with E-state index in [2.05, 4.69) is 10.1 Å². The first-order chi connectivity index (χ1) is 18.5. The van der Waals surface area contributed by atoms with Crippen LogP contribution in [0.2, 0.25) is 5.02 Å². The van der Waals surface area contributed by atoms with Gasteiger partial charge in [-0.2, -0.15) is 5.10 Å². The van der Waals surface area contributed by atoms with Gasteiger partial charge >= 0.3 is 6.09 Å². The average molecular weight is 531 g/mol. The second-order valence-electron chi connectivity index (χ2n) is 8.19. The van der Waals surface area contributed by atoms with Crippen molar-refractivity contribution in [2.75, 3.05) is 18.6 Å². The van der Waals surface area contributed by atoms with Crippen LogP contribution in [0.25, 0.3) is 17.3 Å². The minimum Gasteiger partial charge on any atom is -0.497 e. The number of hydrogen-bond donors (Lipinski definition) is 0. The molecular weight excluding hydrogens is 504 g/mol. The molecule has 0 unspecified atom stereocenters. The third kappa shape index (κ3) is 6.66. The van der Waals surface area contributed by atoms with E-state index < -0.39 is 11.7 Å². The van der Waals surface area contributed by atoms with Crippen LogP contribution in [0.4, 0.5) is 10.5 Å². The van der Waals surface area contributed by atoms with Gasteiger partial charge < -0.3 is 9.47 Å². The summed E-state index contributed by atoms with van der Waals surface area (Å²) in [5.41, 5.74) is 2.50. The third-order valence-electron chi connectivity index (χ3n) is 5.63. The van der Waals surface area contributed by atoms with Crippen molar-refractivity contribution in [1.82, 2.24) is 14.8 Å². The highest BCUT2D eigenvalue weighted by Crippen LogP contribution is 2.24. The van der Waals surface area contributed by atoms with Gasteiger partial charge in [0.15, 0.2) is 0 Å². The molecule has 4 aromatic rings. The van der Waals surface area contributed by atoms with Crippen LogP contribution < -0.4 is 15.2 Å². The molecule has 0 aliphatic carbocycles. The van der Waals surface area contributed by atoms with Crippen LogP contribution in [0.1, 0.15) is 18.2 Å². The summed E-state index contributed by atoms with van der Waals surface area (Å²) in [4.78, 5) is 32.3. The molecule has 9 heteroatoms. The number of nitrogens with zero attached hydrogens (tertiary/aromatic N) is 4. The van der Waals surface area contributed by atoms with Crippen molar-refractivity contribution in [3.05, 3.63) is 112 Å². The molecular formula is C29H27ClN4O4. The number of halogens is 1. The monoisotopic (exact) mass is 530 g/mol. The van der Waals surface area contributed by atoms with Crippen molar-refractivity contribution >= 4 is 29.5 Å². The van der Waals surface area contributed by atoms with E-state index in [9.17, 15) is 9.59 Å². The summed E-state index contributed by atoms with van der Waals surface area (Å²) in [6, 6.07) is 21.6. The minimum absolute atomic E-state index is 0.0571. The van der Waals surface area contributed by atoms with Gasteiger partial charge in [0.2, 0.25) is 0 Å². The van der Waals surface area contributed by atoms with Gasteiger partial charge in [-0.3, -0.25) is 14.7 Å². The minimum atomic E-state index is -0.648. The lowest BCUT2D eigenvalue weighted by atomic mass is 10.1. The Kier molecular flexibility index (Phi) is 8.89. The summed E-state index contributed by atoms with van der Waals surface area (Å²) in [6.45, 7) is 2.11. The van der Waals surface area contributed by atoms with Crippen molar-refractivity contribution < 1.29 is 14.3 Å². The molecule has 38 heavy (non-hydrogen) atoms. The highest BCUT2D eigenvalue weighted by molar-refractivity contribution is 6.30. The lowest BCUT2D eigenvalue weighted by Gasteiger charge is -2.22. The molecule has 2 aromatic heterocycles. The first-order valence-electron chi connectivity index (χ1n) is 12.0. The molecule has 8 nitrogen and oxygen atoms in total. The van der Waals surface area contributed by atoms with Crippen LogP contribution in [-0.4, -0.2) is 34.6 Å². The average Bonchev–Trinajstić information content (AvgIpc) is 2.94. The summed E-state index contributed by atoms with van der Waals surface area (Å²) >= 11 is 5.98. The number of rotatable bonds is 9. The maximum atomic E-state index is 13.6. The van der Waals surface area contributed by atoms with Gasteiger partial charge in [-0.25, -0.2) is 9.48 Å². The Labute approximate surface area is 225 Å². The van der Waals surface area contributed by atoms with E-state index in [1.807, 2.05) is 54.6 Å². The maximum absolute atomic E-state index is 13.6. The quantitative estimate of drug-likeness (QED) is 0.270. The van der Waals surface area contributed by atoms with Crippen LogP contribution in [0.15, 0.2) is 89.9 Å². The summed E-state index contributed by atoms with van der Waals surface area (Å²) in [5.74, 6) is 0.691. The van der Waals surface area contributed by atoms with Crippen LogP contribution in [0.5, 0.6) is 5.75 Å². The molecule has 0 N–H and O–H groups in total. The highest BCUT2D eigenvalue weighted by atomic mass is 35.5. The summed E-state index contributed by atoms with van der Waals surface area (Å²) in [5, 5.41) is 5.24. The first-order valence-corrected chi connectivity index (χ1v) is 12.4. The predicted molar refractivity (Wildman–Crippen MR) is 148 cm³/mol. The fourth-order valence-corrected chi connectivity index (χ4v) is 3.84. The van der Waals surface area contributed by atoms with Crippen LogP contribution in [-0.2, 0) is 17.8 Å². The lowest BCUT2D eigenvalue weighted by molar-refractivity contribution is 0.159. The Bertz CT molecular complexity index is 1450. The standard InChI is InChI=1S/C29H27ClN4O4/c1-3-38-29(36)33(20-24-8-4-5-17-31-24)27-19-26(22-11-15-25(37-2)16-12-22)32-34(28(27)35)18-6-7-21-9-13-23(30)14-10-21/h4-17,19H,3,18,20H2,1-2H3. The van der Waals surface area contributed by atoms with Gasteiger partial charge in [-0.1, -0.05) is 42.0 Å². The maximum Gasteiger partial charge on any atom is 0.414 e. The van der Waals surface area contributed by atoms with Crippen molar-refractivity contribution in [3.63, 3.8) is 0 Å². The molecule has 0 spiro atoms. The Balaban J connectivity index is 1.78. The molecule has 0 radical (unpaired) electrons. The van der Waals surface area contributed by atoms with E-state index in [0.29, 0.717) is 22.2 Å². The molecule has 0 aliphatic rings. The zero-order chi connectivity index (χ0) is 26.9. The van der Waals surface area contributed by atoms with Crippen LogP contribution >= 0.6 is 11.6 Å². The molecule has 0 atom stereocenters. The number of ether oxygens (including phenoxy) is 2. The molecule has 0 bridgehead atoms. The molecule has 0 saturated heterocycles. The molecule has 194 valence electrons. The van der Waals surface area contributed by atoms with E-state index >= 15 is 0 Å². The van der Waals surface area contributed by atoms with E-state index in [4.69, 9.17) is 21.1 Å². The Hall–Kier alpha value is -4.43. The fraction of sp³-hybridized carbons (Fsp3) is 0.172. The van der Waals surface area contributed by atoms with Crippen molar-refractivity contribution in [3.8, 4) is 17.0 Å². The van der Waals surface area contributed by atoms with E-state index in [1.54, 1.807) is 50.6 Å². The lowest BCUT2D eigenvalue weighted by Crippen LogP contribution is -2.38. The SMILES string of the molecule is CCOC(=O)N(Cc1ccccn1)c1cc(-c2ccc(OC)cc2)nn(CC=Cc2ccc(Cl)cc2)c1=O. The van der Waals surface area contributed by atoms with Gasteiger partial charge in [-0.05, 0) is 67.1 Å². The number of amides is 1. The molecule has 0 aliphatic heterocycles. The number of carbonyl (C=O) groups excluding carboxylic acids is 1. The van der Waals surface area contributed by atoms with Crippen molar-refractivity contribution in [2.45, 2.75) is 20.0 Å². The van der Waals surface area contributed by atoms with E-state index in [0.717, 1.165) is 11.1 Å². The number of hydrogen-bond acceptors (Lipinski definition) is 6. The number of methoxy groups -OCH3 is 1. The van der Waals surface area contributed by atoms with E-state index in [-0.39, 0.29) is 25.4 Å². The van der Waals surface area contributed by atoms with Crippen molar-refractivity contribution in [2.24, 2.45) is 0 Å². The highest BCUT2D eigenvalue weighted by Gasteiger charge is 2.23. The van der Waals surface area contributed by atoms with Gasteiger partial charge in [0.05, 0.1) is 38.2 Å². The smallest absolute Gasteiger partial charge is 0.414 e. The number of benzene rings is 2. The molecule has 0 fully saturated rings. The van der Waals surface area contributed by atoms with Gasteiger partial charge in [0, 0.05) is 16.8 Å². The zero-order valence-electron chi connectivity index (χ0n) is 21.1. The number of pyridine rings is 1. The number of anilines is 1. The predicted octanol–water partition coefficient (Wildman–Crippen LogP) is 5.84. The topological polar surface area (TPSA) is 86.5 Å². The second kappa shape index (κ2) is 12.7. The van der Waals surface area contributed by atoms with Crippen LogP contribution in [0.3, 0.4) is 0 Å². The molecule has 2 aromatic carbocycles. The fourth-order valence-electron chi connectivity index (χ4n) is 3.71. The molecule has 4 rings (SSSR count). The number of aromatic nitrogens is 3. The molecule has 1 amide bonds. The van der Waals surface area contributed by atoms with Crippen LogP contribution in [0, 0.1) is 0 Å². The normalized spacial score (nSPS) is 10.9. The van der Waals surface area contributed by atoms with Gasteiger partial charge in [-0.15, -0.1) is 0 Å². The Morgan fingerprint density at radius 3 is 2.50 bits per heavy atom. The zero-order valence-corrected chi connectivity index (χ0v) is 21.8. The Morgan fingerprint density at radius 1 is 1.08 bits per heavy atom. The Morgan fingerprint density at radius 2 is 1.84 bits per heavy atom. The largest absolute Gasteiger partial charge is 0.497 e. The summed E-state index contributed by atoms with van der Waals surface area (Å²) in [6.07, 6.45) is 4.69. The second-order valence-corrected chi connectivity index (χ2v) is 8.63. The van der Waals surface area contributed by atoms with Gasteiger partial charge in [0.25, 0.3) is 5.56 Å². The summed E-state index contributed by atoms with van der Waals surface area (Å²) in [7, 11) is 1.59. The first kappa shape index (κ1) is 26.6. The van der Waals surface area contributed by atoms with E-state index in [1.165, 1.54) is 9.58 Å². The summed E-state index contributed by atoms with van der Waals surface area (Å²) < 4.78 is 11.9. The molecule has 0 saturated carbocycles. The molecule has 2 heterocycles. The number of allylic oxidation sites excluding steroid dienone is 1.